The molecule has 8 rings (SSSR count). The molecule has 10 nitrogen and oxygen atoms in total. The zero-order valence-electron chi connectivity index (χ0n) is 28.9. The van der Waals surface area contributed by atoms with Gasteiger partial charge in [0.25, 0.3) is 0 Å². The summed E-state index contributed by atoms with van der Waals surface area (Å²) < 4.78 is 115. The van der Waals surface area contributed by atoms with Crippen molar-refractivity contribution < 1.29 is 40.2 Å². The number of nitrogen functional groups attached to an aromatic ring is 2. The van der Waals surface area contributed by atoms with Crippen LogP contribution in [0.1, 0.15) is 55.3 Å². The number of aromatic nitrogens is 3. The molecule has 0 spiro atoms. The Bertz CT molecular complexity index is 2300. The molecule has 6 heterocycles. The van der Waals surface area contributed by atoms with Gasteiger partial charge in [0.2, 0.25) is 0 Å². The van der Waals surface area contributed by atoms with Gasteiger partial charge in [0.05, 0.1) is 41.5 Å². The second kappa shape index (κ2) is 14.3. The number of methoxy groups -OCH3 is 1. The lowest BCUT2D eigenvalue weighted by Crippen LogP contribution is -2.33. The van der Waals surface area contributed by atoms with Gasteiger partial charge < -0.3 is 25.8 Å². The largest absolute Gasteiger partial charge is 0.490 e. The molecule has 0 aliphatic carbocycles. The van der Waals surface area contributed by atoms with Gasteiger partial charge in [-0.05, 0) is 49.9 Å². The van der Waals surface area contributed by atoms with Crippen molar-refractivity contribution in [3.63, 3.8) is 0 Å². The Kier molecular flexibility index (Phi) is 9.81. The maximum absolute atomic E-state index is 16.8. The van der Waals surface area contributed by atoms with Crippen LogP contribution in [0, 0.1) is 28.8 Å². The van der Waals surface area contributed by atoms with Gasteiger partial charge >= 0.3 is 12.2 Å². The van der Waals surface area contributed by atoms with Gasteiger partial charge in [-0.15, -0.1) is 11.3 Å². The van der Waals surface area contributed by atoms with Crippen molar-refractivity contribution in [2.24, 2.45) is 0 Å². The first-order chi connectivity index (χ1) is 25.8. The minimum absolute atomic E-state index is 0.0212. The number of hydrogen-bond acceptors (Lipinski definition) is 11. The van der Waals surface area contributed by atoms with Crippen molar-refractivity contribution in [3.05, 3.63) is 58.5 Å². The lowest BCUT2D eigenvalue weighted by atomic mass is 9.91. The summed E-state index contributed by atoms with van der Waals surface area (Å²) in [4.78, 5) is 16.1. The van der Waals surface area contributed by atoms with E-state index in [2.05, 4.69) is 19.9 Å². The Labute approximate surface area is 308 Å². The predicted molar refractivity (Wildman–Crippen MR) is 190 cm³/mol. The van der Waals surface area contributed by atoms with Gasteiger partial charge in [0.15, 0.2) is 5.82 Å². The van der Waals surface area contributed by atoms with Gasteiger partial charge in [0, 0.05) is 29.1 Å². The highest BCUT2D eigenvalue weighted by atomic mass is 32.1. The van der Waals surface area contributed by atoms with E-state index in [1.807, 2.05) is 0 Å². The minimum atomic E-state index is -5.23. The van der Waals surface area contributed by atoms with Crippen molar-refractivity contribution in [3.8, 4) is 29.0 Å². The van der Waals surface area contributed by atoms with E-state index in [-0.39, 0.29) is 63.4 Å². The van der Waals surface area contributed by atoms with Crippen LogP contribution in [0.3, 0.4) is 0 Å². The lowest BCUT2D eigenvalue weighted by molar-refractivity contribution is -0.138. The first kappa shape index (κ1) is 37.2. The van der Waals surface area contributed by atoms with E-state index in [0.717, 1.165) is 37.4 Å². The van der Waals surface area contributed by atoms with Gasteiger partial charge in [-0.1, -0.05) is 13.0 Å². The Morgan fingerprint density at radius 3 is 2.61 bits per heavy atom. The van der Waals surface area contributed by atoms with Crippen molar-refractivity contribution in [2.75, 3.05) is 49.7 Å². The average Bonchev–Trinajstić information content (AvgIpc) is 3.78. The molecule has 3 atom stereocenters. The Morgan fingerprint density at radius 1 is 1.15 bits per heavy atom. The van der Waals surface area contributed by atoms with E-state index >= 15 is 17.6 Å². The molecule has 3 unspecified atom stereocenters. The Morgan fingerprint density at radius 2 is 1.93 bits per heavy atom. The van der Waals surface area contributed by atoms with E-state index in [4.69, 9.17) is 20.9 Å². The van der Waals surface area contributed by atoms with Crippen LogP contribution in [0.25, 0.3) is 32.1 Å². The van der Waals surface area contributed by atoms with E-state index < -0.39 is 69.2 Å². The molecular weight excluding hydrogens is 742 g/mol. The predicted octanol–water partition coefficient (Wildman–Crippen LogP) is 7.93. The summed E-state index contributed by atoms with van der Waals surface area (Å²) in [5.41, 5.74) is 8.33. The van der Waals surface area contributed by atoms with E-state index in [0.29, 0.717) is 23.9 Å². The Hall–Kier alpha value is -5.15. The fraction of sp³-hybridized carbons (Fsp3) is 0.389. The van der Waals surface area contributed by atoms with E-state index in [1.165, 1.54) is 24.9 Å². The molecule has 0 amide bonds. The molecule has 2 fully saturated rings. The molecule has 0 radical (unpaired) electrons. The second-order valence-electron chi connectivity index (χ2n) is 13.1. The molecule has 5 aromatic rings. The number of anilines is 3. The molecule has 2 saturated heterocycles. The number of nitrogens with zero attached hydrogens (tertiary/aromatic N) is 6. The number of nitrogens with two attached hydrogens (primary N) is 2. The zero-order valence-corrected chi connectivity index (χ0v) is 29.7. The number of hydrogen-bond donors (Lipinski definition) is 2. The number of alkyl halides is 4. The summed E-state index contributed by atoms with van der Waals surface area (Å²) in [5.74, 6) is -3.98. The highest BCUT2D eigenvalue weighted by Crippen LogP contribution is 2.54. The van der Waals surface area contributed by atoms with Crippen molar-refractivity contribution >= 4 is 49.0 Å². The quantitative estimate of drug-likeness (QED) is 0.169. The maximum Gasteiger partial charge on any atom is 0.420 e. The fourth-order valence-corrected chi connectivity index (χ4v) is 8.71. The fourth-order valence-electron chi connectivity index (χ4n) is 7.76. The molecule has 4 N–H and O–H groups in total. The minimum Gasteiger partial charge on any atom is -0.490 e. The number of thiophene rings is 1. The lowest BCUT2D eigenvalue weighted by Gasteiger charge is -2.32. The smallest absolute Gasteiger partial charge is 0.420 e. The third-order valence-corrected chi connectivity index (χ3v) is 11.0. The van der Waals surface area contributed by atoms with Crippen LogP contribution in [0.4, 0.5) is 47.4 Å². The molecule has 3 aliphatic rings. The summed E-state index contributed by atoms with van der Waals surface area (Å²) in [5, 5.41) is 8.90. The molecule has 18 heteroatoms. The van der Waals surface area contributed by atoms with Crippen LogP contribution in [0.5, 0.6) is 11.8 Å². The first-order valence-corrected chi connectivity index (χ1v) is 17.9. The molecule has 0 bridgehead atoms. The van der Waals surface area contributed by atoms with Crippen molar-refractivity contribution in [2.45, 2.75) is 57.0 Å². The number of nitriles is 1. The third-order valence-electron chi connectivity index (χ3n) is 10.0. The summed E-state index contributed by atoms with van der Waals surface area (Å²) in [6, 6.07) is 4.20. The number of ether oxygens (including phenoxy) is 2. The molecule has 0 saturated carbocycles. The maximum atomic E-state index is 16.8. The summed E-state index contributed by atoms with van der Waals surface area (Å²) >= 11 is 0.652. The number of pyridine rings is 1. The number of benzene rings is 2. The first-order valence-electron chi connectivity index (χ1n) is 17.0. The molecule has 2 aromatic carbocycles. The van der Waals surface area contributed by atoms with Crippen LogP contribution in [0.15, 0.2) is 24.4 Å². The highest BCUT2D eigenvalue weighted by molar-refractivity contribution is 7.23. The summed E-state index contributed by atoms with van der Waals surface area (Å²) in [6.45, 7) is 3.15. The van der Waals surface area contributed by atoms with Crippen LogP contribution in [-0.2, 0) is 6.18 Å². The molecule has 3 aromatic heterocycles. The molecule has 3 aliphatic heterocycles. The van der Waals surface area contributed by atoms with Crippen molar-refractivity contribution in [1.29, 1.82) is 5.26 Å². The van der Waals surface area contributed by atoms with Crippen LogP contribution in [-0.4, -0.2) is 65.4 Å². The normalized spacial score (nSPS) is 18.9. The van der Waals surface area contributed by atoms with Crippen LogP contribution < -0.4 is 25.8 Å². The van der Waals surface area contributed by atoms with Gasteiger partial charge in [0.1, 0.15) is 63.9 Å². The number of fused-ring (bicyclic) bond motifs is 2. The van der Waals surface area contributed by atoms with Gasteiger partial charge in [-0.25, -0.2) is 22.5 Å². The van der Waals surface area contributed by atoms with E-state index in [1.54, 1.807) is 13.0 Å². The third kappa shape index (κ3) is 6.32. The standard InChI is InChI=1S/C29H21F6N7O2S.C7H12FN/c1-3-16(13-8-11(30)10-39-25(13)37)42-6-7-44-23-19-22(40-28(43-2)41-27(19)42)21(32)18(20(23)29(33,34)35)12-4-5-15(31)24-17(12)14(9-36)26(38)45-24;8-6-4-7-2-1-3-9(7)5-6/h4-5,8,10,16H,3,6-7,38H2,1-2H3,(H2,37,39);6-7H,1-5H2. The second-order valence-corrected chi connectivity index (χ2v) is 14.2. The Balaban J connectivity index is 0.000000433. The average molecular weight is 775 g/mol. The van der Waals surface area contributed by atoms with Gasteiger partial charge in [-0.3, -0.25) is 4.90 Å². The zero-order chi connectivity index (χ0) is 38.6. The summed E-state index contributed by atoms with van der Waals surface area (Å²) in [7, 11) is 1.19. The SMILES string of the molecule is CCC(c1cc(F)cnc1N)N1CCOc2c(C(F)(F)F)c(-c3ccc(F)c4sc(N)c(C#N)c34)c(F)c3nc(OC)nc1c23.FC1CC2CCCN2C1. The summed E-state index contributed by atoms with van der Waals surface area (Å²) in [6.07, 6.45) is -1.24. The van der Waals surface area contributed by atoms with Gasteiger partial charge in [-0.2, -0.15) is 28.4 Å². The number of halogens is 7. The van der Waals surface area contributed by atoms with Crippen LogP contribution in [0.2, 0.25) is 0 Å². The molecule has 284 valence electrons. The highest BCUT2D eigenvalue weighted by Gasteiger charge is 2.44. The molecule has 54 heavy (non-hydrogen) atoms. The van der Waals surface area contributed by atoms with Crippen molar-refractivity contribution in [1.82, 2.24) is 19.9 Å². The molecular formula is C36H33F7N8O2S. The van der Waals surface area contributed by atoms with E-state index in [9.17, 15) is 18.4 Å². The monoisotopic (exact) mass is 774 g/mol. The number of rotatable bonds is 5. The topological polar surface area (TPSA) is 139 Å². The van der Waals surface area contributed by atoms with Crippen LogP contribution >= 0.6 is 11.3 Å².